The van der Waals surface area contributed by atoms with E-state index in [0.717, 1.165) is 0 Å². The molecule has 8 nitrogen and oxygen atoms in total. The summed E-state index contributed by atoms with van der Waals surface area (Å²) >= 11 is 0. The smallest absolute Gasteiger partial charge is 0.266 e. The van der Waals surface area contributed by atoms with E-state index in [4.69, 9.17) is 9.15 Å². The highest BCUT2D eigenvalue weighted by Gasteiger charge is 2.15. The van der Waals surface area contributed by atoms with Crippen LogP contribution in [0.4, 0.5) is 5.69 Å². The normalized spacial score (nSPS) is 11.6. The Labute approximate surface area is 186 Å². The van der Waals surface area contributed by atoms with Gasteiger partial charge in [-0.2, -0.15) is 5.26 Å². The maximum Gasteiger partial charge on any atom is 0.266 e. The Bertz CT molecular complexity index is 1240. The summed E-state index contributed by atoms with van der Waals surface area (Å²) in [5, 5.41) is 12.0. The third-order valence-electron chi connectivity index (χ3n) is 4.25. The molecule has 0 radical (unpaired) electrons. The van der Waals surface area contributed by atoms with Crippen molar-refractivity contribution in [1.82, 2.24) is 4.72 Å². The van der Waals surface area contributed by atoms with Crippen LogP contribution in [0, 0.1) is 11.3 Å². The number of hydrogen-bond acceptors (Lipinski definition) is 6. The second-order valence-electron chi connectivity index (χ2n) is 6.52. The predicted octanol–water partition coefficient (Wildman–Crippen LogP) is 3.70. The highest BCUT2D eigenvalue weighted by atomic mass is 32.2. The Morgan fingerprint density at radius 1 is 1.09 bits per heavy atom. The summed E-state index contributed by atoms with van der Waals surface area (Å²) in [7, 11) is -3.68. The second kappa shape index (κ2) is 10.4. The predicted molar refractivity (Wildman–Crippen MR) is 119 cm³/mol. The van der Waals surface area contributed by atoms with Gasteiger partial charge in [0.05, 0.1) is 18.0 Å². The van der Waals surface area contributed by atoms with Crippen molar-refractivity contribution < 1.29 is 22.4 Å². The molecule has 32 heavy (non-hydrogen) atoms. The number of ether oxygens (including phenoxy) is 1. The quantitative estimate of drug-likeness (QED) is 0.378. The zero-order valence-electron chi connectivity index (χ0n) is 17.2. The number of nitriles is 1. The number of carbonyl (C=O) groups is 1. The van der Waals surface area contributed by atoms with Gasteiger partial charge in [0.25, 0.3) is 5.91 Å². The molecule has 2 N–H and O–H groups in total. The van der Waals surface area contributed by atoms with Gasteiger partial charge in [-0.05, 0) is 55.5 Å². The van der Waals surface area contributed by atoms with Gasteiger partial charge in [0.2, 0.25) is 10.0 Å². The zero-order valence-corrected chi connectivity index (χ0v) is 18.1. The summed E-state index contributed by atoms with van der Waals surface area (Å²) < 4.78 is 37.9. The summed E-state index contributed by atoms with van der Waals surface area (Å²) in [5.74, 6) is 0.657. The van der Waals surface area contributed by atoms with Gasteiger partial charge in [-0.15, -0.1) is 0 Å². The lowest BCUT2D eigenvalue weighted by atomic mass is 10.2. The molecule has 0 aliphatic carbocycles. The van der Waals surface area contributed by atoms with Gasteiger partial charge in [-0.1, -0.05) is 18.2 Å². The zero-order chi connectivity index (χ0) is 23.0. The molecule has 0 saturated carbocycles. The van der Waals surface area contributed by atoms with E-state index in [1.165, 1.54) is 18.2 Å². The summed E-state index contributed by atoms with van der Waals surface area (Å²) in [6, 6.07) is 19.7. The van der Waals surface area contributed by atoms with E-state index in [0.29, 0.717) is 23.8 Å². The molecule has 0 bridgehead atoms. The Morgan fingerprint density at radius 2 is 1.81 bits per heavy atom. The average Bonchev–Trinajstić information content (AvgIpc) is 3.26. The monoisotopic (exact) mass is 451 g/mol. The Balaban J connectivity index is 1.64. The van der Waals surface area contributed by atoms with Crippen LogP contribution in [0.2, 0.25) is 0 Å². The molecule has 1 aromatic heterocycles. The highest BCUT2D eigenvalue weighted by Crippen LogP contribution is 2.18. The van der Waals surface area contributed by atoms with E-state index in [9.17, 15) is 18.5 Å². The molecule has 0 aliphatic heterocycles. The van der Waals surface area contributed by atoms with Crippen molar-refractivity contribution in [3.8, 4) is 11.8 Å². The maximum absolute atomic E-state index is 12.4. The van der Waals surface area contributed by atoms with E-state index in [1.807, 2.05) is 13.0 Å². The van der Waals surface area contributed by atoms with Gasteiger partial charge in [0, 0.05) is 11.8 Å². The fraction of sp³-hybridized carbons (Fsp3) is 0.130. The van der Waals surface area contributed by atoms with Crippen LogP contribution in [0.5, 0.6) is 5.75 Å². The molecule has 9 heteroatoms. The summed E-state index contributed by atoms with van der Waals surface area (Å²) in [6.45, 7) is 2.33. The molecule has 0 aliphatic rings. The van der Waals surface area contributed by atoms with E-state index >= 15 is 0 Å². The van der Waals surface area contributed by atoms with Crippen molar-refractivity contribution in [1.29, 1.82) is 5.26 Å². The van der Waals surface area contributed by atoms with Crippen LogP contribution in [0.1, 0.15) is 18.4 Å². The number of sulfonamides is 1. The molecule has 0 unspecified atom stereocenters. The molecule has 2 aromatic carbocycles. The lowest BCUT2D eigenvalue weighted by Crippen LogP contribution is -2.22. The highest BCUT2D eigenvalue weighted by molar-refractivity contribution is 7.89. The van der Waals surface area contributed by atoms with E-state index in [1.54, 1.807) is 54.6 Å². The van der Waals surface area contributed by atoms with Crippen molar-refractivity contribution in [2.75, 3.05) is 11.9 Å². The van der Waals surface area contributed by atoms with Crippen molar-refractivity contribution in [3.05, 3.63) is 83.8 Å². The molecule has 1 amide bonds. The number of nitrogens with zero attached hydrogens (tertiary/aromatic N) is 1. The minimum atomic E-state index is -3.68. The minimum absolute atomic E-state index is 0.0780. The SMILES string of the molecule is CCOc1ccc(NC(=O)/C(C#N)=C\c2ccc(CNS(=O)(=O)c3ccccc3)o2)cc1. The van der Waals surface area contributed by atoms with Crippen LogP contribution in [-0.2, 0) is 21.4 Å². The summed E-state index contributed by atoms with van der Waals surface area (Å²) in [6.07, 6.45) is 1.29. The van der Waals surface area contributed by atoms with E-state index < -0.39 is 15.9 Å². The molecular weight excluding hydrogens is 430 g/mol. The van der Waals surface area contributed by atoms with Crippen LogP contribution in [0.15, 0.2) is 81.6 Å². The molecule has 0 atom stereocenters. The third-order valence-corrected chi connectivity index (χ3v) is 5.66. The van der Waals surface area contributed by atoms with Gasteiger partial charge in [0.15, 0.2) is 0 Å². The molecule has 164 valence electrons. The van der Waals surface area contributed by atoms with Gasteiger partial charge in [-0.25, -0.2) is 13.1 Å². The maximum atomic E-state index is 12.4. The first kappa shape index (κ1) is 22.8. The van der Waals surface area contributed by atoms with Crippen molar-refractivity contribution >= 4 is 27.7 Å². The van der Waals surface area contributed by atoms with E-state index in [-0.39, 0.29) is 22.8 Å². The van der Waals surface area contributed by atoms with Crippen LogP contribution in [0.25, 0.3) is 6.08 Å². The minimum Gasteiger partial charge on any atom is -0.494 e. The van der Waals surface area contributed by atoms with Crippen LogP contribution in [0.3, 0.4) is 0 Å². The largest absolute Gasteiger partial charge is 0.494 e. The molecule has 1 heterocycles. The van der Waals surface area contributed by atoms with Crippen LogP contribution in [-0.4, -0.2) is 20.9 Å². The van der Waals surface area contributed by atoms with Crippen LogP contribution >= 0.6 is 0 Å². The number of anilines is 1. The molecule has 0 saturated heterocycles. The Hall–Kier alpha value is -3.87. The molecule has 0 fully saturated rings. The van der Waals surface area contributed by atoms with E-state index in [2.05, 4.69) is 10.0 Å². The molecule has 0 spiro atoms. The van der Waals surface area contributed by atoms with Crippen molar-refractivity contribution in [2.24, 2.45) is 0 Å². The average molecular weight is 452 g/mol. The van der Waals surface area contributed by atoms with Gasteiger partial charge < -0.3 is 14.5 Å². The number of furan rings is 1. The third kappa shape index (κ3) is 6.07. The lowest BCUT2D eigenvalue weighted by molar-refractivity contribution is -0.112. The Kier molecular flexibility index (Phi) is 7.44. The van der Waals surface area contributed by atoms with Gasteiger partial charge in [-0.3, -0.25) is 4.79 Å². The molecule has 3 aromatic rings. The number of hydrogen-bond donors (Lipinski definition) is 2. The first-order chi connectivity index (χ1) is 15.4. The first-order valence-corrected chi connectivity index (χ1v) is 11.2. The summed E-state index contributed by atoms with van der Waals surface area (Å²) in [5.41, 5.74) is 0.347. The Morgan fingerprint density at radius 3 is 2.47 bits per heavy atom. The number of benzene rings is 2. The topological polar surface area (TPSA) is 121 Å². The number of nitrogens with one attached hydrogen (secondary N) is 2. The molecule has 3 rings (SSSR count). The lowest BCUT2D eigenvalue weighted by Gasteiger charge is -2.06. The fourth-order valence-corrected chi connectivity index (χ4v) is 3.72. The fourth-order valence-electron chi connectivity index (χ4n) is 2.71. The number of rotatable bonds is 9. The van der Waals surface area contributed by atoms with Gasteiger partial charge >= 0.3 is 0 Å². The van der Waals surface area contributed by atoms with Crippen molar-refractivity contribution in [2.45, 2.75) is 18.4 Å². The standard InChI is InChI=1S/C23H21N3O5S/c1-2-30-19-10-8-18(9-11-19)26-23(27)17(15-24)14-20-12-13-21(31-20)16-25-32(28,29)22-6-4-3-5-7-22/h3-14,25H,2,16H2,1H3,(H,26,27)/b17-14-. The summed E-state index contributed by atoms with van der Waals surface area (Å²) in [4.78, 5) is 12.6. The van der Waals surface area contributed by atoms with Crippen LogP contribution < -0.4 is 14.8 Å². The number of carbonyl (C=O) groups excluding carboxylic acids is 1. The first-order valence-electron chi connectivity index (χ1n) is 9.70. The molecular formula is C23H21N3O5S. The number of amides is 1. The second-order valence-corrected chi connectivity index (χ2v) is 8.29. The van der Waals surface area contributed by atoms with Crippen molar-refractivity contribution in [3.63, 3.8) is 0 Å². The van der Waals surface area contributed by atoms with Gasteiger partial charge in [0.1, 0.15) is 28.9 Å².